The highest BCUT2D eigenvalue weighted by atomic mass is 28.3. The van der Waals surface area contributed by atoms with Gasteiger partial charge in [0, 0.05) is 15.3 Å². The van der Waals surface area contributed by atoms with Gasteiger partial charge in [0.2, 0.25) is 0 Å². The number of rotatable bonds is 8. The van der Waals surface area contributed by atoms with Crippen molar-refractivity contribution in [3.63, 3.8) is 0 Å². The van der Waals surface area contributed by atoms with Crippen molar-refractivity contribution in [3.8, 4) is 0 Å². The maximum Gasteiger partial charge on any atom is 0.338 e. The van der Waals surface area contributed by atoms with E-state index in [9.17, 15) is 19.2 Å². The quantitative estimate of drug-likeness (QED) is 0.321. The highest BCUT2D eigenvalue weighted by Crippen LogP contribution is 2.20. The van der Waals surface area contributed by atoms with Gasteiger partial charge in [-0.05, 0) is 13.3 Å². The summed E-state index contributed by atoms with van der Waals surface area (Å²) in [5.41, 5.74) is -3.05. The number of ketones is 1. The number of carboxylic acid groups (broad SMARTS) is 2. The summed E-state index contributed by atoms with van der Waals surface area (Å²) in [6.07, 6.45) is 0.642. The molecule has 0 aromatic carbocycles. The molecule has 0 fully saturated rings. The molecule has 0 aliphatic rings. The van der Waals surface area contributed by atoms with Gasteiger partial charge in [-0.3, -0.25) is 9.59 Å². The summed E-state index contributed by atoms with van der Waals surface area (Å²) in [5.74, 6) is -6.44. The second-order valence-electron chi connectivity index (χ2n) is 4.71. The normalized spacial score (nSPS) is 11.2. The fourth-order valence-electron chi connectivity index (χ4n) is 1.59. The van der Waals surface area contributed by atoms with E-state index >= 15 is 0 Å². The van der Waals surface area contributed by atoms with Crippen LogP contribution in [0.1, 0.15) is 13.3 Å². The zero-order valence-electron chi connectivity index (χ0n) is 11.2. The van der Waals surface area contributed by atoms with Crippen molar-refractivity contribution in [2.24, 2.45) is 5.41 Å². The number of aliphatic carboxylic acids is 2. The van der Waals surface area contributed by atoms with Crippen molar-refractivity contribution >= 4 is 32.4 Å². The third-order valence-electron chi connectivity index (χ3n) is 2.75. The zero-order chi connectivity index (χ0) is 15.2. The minimum absolute atomic E-state index is 0.166. The summed E-state index contributed by atoms with van der Waals surface area (Å²) < 4.78 is 0. The molecule has 1 amide bonds. The van der Waals surface area contributed by atoms with Crippen molar-refractivity contribution in [2.75, 3.05) is 6.54 Å². The van der Waals surface area contributed by atoms with Crippen molar-refractivity contribution < 1.29 is 29.4 Å². The van der Waals surface area contributed by atoms with Gasteiger partial charge in [0.1, 0.15) is 0 Å². The van der Waals surface area contributed by atoms with Crippen molar-refractivity contribution in [2.45, 2.75) is 32.5 Å². The van der Waals surface area contributed by atoms with Crippen LogP contribution in [-0.2, 0) is 19.2 Å². The monoisotopic (exact) mass is 289 g/mol. The highest BCUT2D eigenvalue weighted by Gasteiger charge is 2.58. The summed E-state index contributed by atoms with van der Waals surface area (Å²) >= 11 is 0. The van der Waals surface area contributed by atoms with E-state index in [2.05, 4.69) is 18.4 Å². The van der Waals surface area contributed by atoms with Gasteiger partial charge in [-0.1, -0.05) is 19.1 Å². The van der Waals surface area contributed by atoms with Crippen LogP contribution in [0.2, 0.25) is 19.1 Å². The molecule has 7 nitrogen and oxygen atoms in total. The minimum atomic E-state index is -3.05. The number of carbonyl (C=O) groups is 4. The Kier molecular flexibility index (Phi) is 6.40. The first-order valence-electron chi connectivity index (χ1n) is 5.93. The number of hydrogen-bond donors (Lipinski definition) is 3. The van der Waals surface area contributed by atoms with E-state index in [0.717, 1.165) is 13.0 Å². The molecule has 108 valence electrons. The predicted molar refractivity (Wildman–Crippen MR) is 69.7 cm³/mol. The number of amides is 1. The van der Waals surface area contributed by atoms with Crippen LogP contribution in [0, 0.1) is 5.41 Å². The lowest BCUT2D eigenvalue weighted by Crippen LogP contribution is -2.56. The van der Waals surface area contributed by atoms with Gasteiger partial charge >= 0.3 is 11.9 Å². The molecule has 0 aliphatic heterocycles. The van der Waals surface area contributed by atoms with E-state index in [1.807, 2.05) is 0 Å². The van der Waals surface area contributed by atoms with Crippen LogP contribution in [-0.4, -0.2) is 49.2 Å². The van der Waals surface area contributed by atoms with Crippen molar-refractivity contribution in [3.05, 3.63) is 0 Å². The first kappa shape index (κ1) is 17.3. The van der Waals surface area contributed by atoms with Gasteiger partial charge in [-0.15, -0.1) is 0 Å². The average Bonchev–Trinajstić information content (AvgIpc) is 2.23. The molecule has 0 heterocycles. The van der Waals surface area contributed by atoms with Crippen LogP contribution in [0.5, 0.6) is 0 Å². The molecule has 0 aromatic heterocycles. The standard InChI is InChI=1S/C11H19NO6Si/c1-7(13)11(9(15)16,10(17)18)8(14)12-5-4-6-19(2)3/h19H,4-6H2,1-3H3,(H,12,14)(H,15,16)(H,17,18). The van der Waals surface area contributed by atoms with E-state index in [-0.39, 0.29) is 6.54 Å². The van der Waals surface area contributed by atoms with E-state index in [1.54, 1.807) is 0 Å². The second-order valence-corrected chi connectivity index (χ2v) is 8.07. The third kappa shape index (κ3) is 3.88. The fourth-order valence-corrected chi connectivity index (χ4v) is 2.61. The molecule has 19 heavy (non-hydrogen) atoms. The molecule has 3 N–H and O–H groups in total. The molecular weight excluding hydrogens is 270 g/mol. The Morgan fingerprint density at radius 2 is 1.58 bits per heavy atom. The molecule has 0 spiro atoms. The maximum atomic E-state index is 11.8. The fraction of sp³-hybridized carbons (Fsp3) is 0.636. The summed E-state index contributed by atoms with van der Waals surface area (Å²) in [4.78, 5) is 45.1. The number of Topliss-reactive ketones (excluding diaryl/α,β-unsaturated/α-hetero) is 1. The van der Waals surface area contributed by atoms with E-state index in [1.165, 1.54) is 0 Å². The zero-order valence-corrected chi connectivity index (χ0v) is 12.4. The molecule has 0 rings (SSSR count). The van der Waals surface area contributed by atoms with Crippen LogP contribution >= 0.6 is 0 Å². The highest BCUT2D eigenvalue weighted by molar-refractivity contribution is 6.55. The SMILES string of the molecule is CC(=O)C(C(=O)O)(C(=O)O)C(=O)NCCC[SiH](C)C. The molecule has 0 saturated heterocycles. The lowest BCUT2D eigenvalue weighted by molar-refractivity contribution is -0.171. The molecule has 0 unspecified atom stereocenters. The first-order chi connectivity index (χ1) is 8.67. The molecular formula is C11H19NO6Si. The van der Waals surface area contributed by atoms with Crippen LogP contribution in [0.15, 0.2) is 0 Å². The number of carboxylic acids is 2. The Bertz CT molecular complexity index is 357. The van der Waals surface area contributed by atoms with Crippen LogP contribution in [0.25, 0.3) is 0 Å². The first-order valence-corrected chi connectivity index (χ1v) is 9.06. The second kappa shape index (κ2) is 7.03. The van der Waals surface area contributed by atoms with E-state index in [0.29, 0.717) is 6.42 Å². The molecule has 0 aliphatic carbocycles. The Hall–Kier alpha value is -1.70. The third-order valence-corrected chi connectivity index (χ3v) is 4.32. The van der Waals surface area contributed by atoms with Crippen molar-refractivity contribution in [1.29, 1.82) is 0 Å². The Morgan fingerprint density at radius 1 is 1.11 bits per heavy atom. The summed E-state index contributed by atoms with van der Waals surface area (Å²) in [5, 5.41) is 20.1. The topological polar surface area (TPSA) is 121 Å². The molecule has 0 radical (unpaired) electrons. The van der Waals surface area contributed by atoms with Crippen LogP contribution in [0.3, 0.4) is 0 Å². The summed E-state index contributed by atoms with van der Waals surface area (Å²) in [7, 11) is -0.786. The maximum absolute atomic E-state index is 11.8. The van der Waals surface area contributed by atoms with E-state index < -0.39 is 37.8 Å². The predicted octanol–water partition coefficient (Wildman–Crippen LogP) is -0.276. The van der Waals surface area contributed by atoms with Crippen LogP contribution in [0.4, 0.5) is 0 Å². The van der Waals surface area contributed by atoms with Gasteiger partial charge in [0.05, 0.1) is 0 Å². The van der Waals surface area contributed by atoms with Gasteiger partial charge < -0.3 is 15.5 Å². The molecule has 8 heteroatoms. The summed E-state index contributed by atoms with van der Waals surface area (Å²) in [6, 6.07) is 0.938. The van der Waals surface area contributed by atoms with Gasteiger partial charge in [-0.25, -0.2) is 9.59 Å². The Morgan fingerprint density at radius 3 is 1.89 bits per heavy atom. The number of nitrogens with one attached hydrogen (secondary N) is 1. The van der Waals surface area contributed by atoms with Gasteiger partial charge in [-0.2, -0.15) is 0 Å². The number of hydrogen-bond acceptors (Lipinski definition) is 4. The van der Waals surface area contributed by atoms with Gasteiger partial charge in [0.25, 0.3) is 11.3 Å². The van der Waals surface area contributed by atoms with Crippen molar-refractivity contribution in [1.82, 2.24) is 5.32 Å². The largest absolute Gasteiger partial charge is 0.480 e. The Balaban J connectivity index is 4.90. The van der Waals surface area contributed by atoms with E-state index in [4.69, 9.17) is 10.2 Å². The molecule has 0 saturated carbocycles. The lowest BCUT2D eigenvalue weighted by atomic mass is 9.83. The van der Waals surface area contributed by atoms with Gasteiger partial charge in [0.15, 0.2) is 5.78 Å². The molecule has 0 aromatic rings. The van der Waals surface area contributed by atoms with Crippen LogP contribution < -0.4 is 5.32 Å². The lowest BCUT2D eigenvalue weighted by Gasteiger charge is -2.20. The minimum Gasteiger partial charge on any atom is -0.480 e. The molecule has 0 bridgehead atoms. The summed E-state index contributed by atoms with van der Waals surface area (Å²) in [6.45, 7) is 5.19. The average molecular weight is 289 g/mol. The smallest absolute Gasteiger partial charge is 0.338 e. The Labute approximate surface area is 112 Å². The number of carbonyl (C=O) groups excluding carboxylic acids is 2. The molecule has 0 atom stereocenters.